The van der Waals surface area contributed by atoms with E-state index in [4.69, 9.17) is 11.6 Å². The van der Waals surface area contributed by atoms with Crippen molar-refractivity contribution < 1.29 is 4.79 Å². The topological polar surface area (TPSA) is 29.1 Å². The molecule has 0 aromatic heterocycles. The van der Waals surface area contributed by atoms with Crippen LogP contribution in [0.4, 0.5) is 0 Å². The molecule has 0 saturated heterocycles. The first kappa shape index (κ1) is 12.5. The van der Waals surface area contributed by atoms with Crippen LogP contribution >= 0.6 is 34.2 Å². The van der Waals surface area contributed by atoms with Gasteiger partial charge in [-0.2, -0.15) is 0 Å². The van der Waals surface area contributed by atoms with Crippen molar-refractivity contribution >= 4 is 40.1 Å². The Labute approximate surface area is 108 Å². The number of alkyl halides is 1. The number of hydrogen-bond donors (Lipinski definition) is 1. The minimum atomic E-state index is -0.0642. The third-order valence-electron chi connectivity index (χ3n) is 1.74. The molecule has 0 spiro atoms. The lowest BCUT2D eigenvalue weighted by atomic mass is 10.2. The van der Waals surface area contributed by atoms with Gasteiger partial charge < -0.3 is 5.32 Å². The van der Waals surface area contributed by atoms with E-state index in [0.717, 1.165) is 3.57 Å². The van der Waals surface area contributed by atoms with E-state index in [1.807, 2.05) is 30.3 Å². The van der Waals surface area contributed by atoms with E-state index in [1.54, 1.807) is 6.08 Å². The average molecular weight is 336 g/mol. The van der Waals surface area contributed by atoms with Crippen molar-refractivity contribution in [1.82, 2.24) is 5.32 Å². The molecular weight excluding hydrogens is 324 g/mol. The smallest absolute Gasteiger partial charge is 0.251 e. The molecule has 0 heterocycles. The summed E-state index contributed by atoms with van der Waals surface area (Å²) in [6.45, 7) is 0.511. The second-order valence-electron chi connectivity index (χ2n) is 2.84. The number of hydrogen-bond acceptors (Lipinski definition) is 1. The lowest BCUT2D eigenvalue weighted by Crippen LogP contribution is -2.23. The van der Waals surface area contributed by atoms with E-state index in [9.17, 15) is 4.79 Å². The van der Waals surface area contributed by atoms with Crippen LogP contribution in [0.5, 0.6) is 0 Å². The fourth-order valence-electron chi connectivity index (χ4n) is 1.00. The lowest BCUT2D eigenvalue weighted by molar-refractivity contribution is 0.0958. The van der Waals surface area contributed by atoms with Gasteiger partial charge in [-0.3, -0.25) is 4.79 Å². The number of carbonyl (C=O) groups is 1. The average Bonchev–Trinajstić information content (AvgIpc) is 2.25. The molecule has 4 heteroatoms. The Hall–Kier alpha value is -0.550. The maximum atomic E-state index is 11.5. The first-order valence-corrected chi connectivity index (χ1v) is 6.10. The fourth-order valence-corrected chi connectivity index (χ4v) is 1.49. The first-order chi connectivity index (χ1) is 7.24. The van der Waals surface area contributed by atoms with E-state index in [1.165, 1.54) is 0 Å². The van der Waals surface area contributed by atoms with E-state index in [2.05, 4.69) is 27.9 Å². The zero-order valence-corrected chi connectivity index (χ0v) is 11.0. The molecule has 0 atom stereocenters. The molecule has 0 aliphatic carbocycles. The molecule has 0 radical (unpaired) electrons. The largest absolute Gasteiger partial charge is 0.349 e. The normalized spacial score (nSPS) is 10.5. The van der Waals surface area contributed by atoms with Crippen LogP contribution in [0.15, 0.2) is 36.4 Å². The van der Waals surface area contributed by atoms with Gasteiger partial charge in [-0.1, -0.05) is 12.2 Å². The highest BCUT2D eigenvalue weighted by atomic mass is 127. The van der Waals surface area contributed by atoms with Crippen molar-refractivity contribution in [2.45, 2.75) is 0 Å². The summed E-state index contributed by atoms with van der Waals surface area (Å²) in [6.07, 6.45) is 3.63. The summed E-state index contributed by atoms with van der Waals surface area (Å²) in [4.78, 5) is 11.5. The minimum absolute atomic E-state index is 0.0642. The maximum absolute atomic E-state index is 11.5. The van der Waals surface area contributed by atoms with Crippen LogP contribution in [-0.2, 0) is 0 Å². The van der Waals surface area contributed by atoms with E-state index >= 15 is 0 Å². The highest BCUT2D eigenvalue weighted by Gasteiger charge is 2.02. The van der Waals surface area contributed by atoms with Crippen molar-refractivity contribution in [3.05, 3.63) is 45.6 Å². The predicted octanol–water partition coefficient (Wildman–Crippen LogP) is 2.82. The Bertz CT molecular complexity index is 348. The molecule has 1 N–H and O–H groups in total. The number of carbonyl (C=O) groups excluding carboxylic acids is 1. The summed E-state index contributed by atoms with van der Waals surface area (Å²) in [6, 6.07) is 7.43. The Morgan fingerprint density at radius 2 is 2.00 bits per heavy atom. The van der Waals surface area contributed by atoms with Gasteiger partial charge in [-0.25, -0.2) is 0 Å². The summed E-state index contributed by atoms with van der Waals surface area (Å²) >= 11 is 7.65. The predicted molar refractivity (Wildman–Crippen MR) is 71.4 cm³/mol. The molecule has 80 valence electrons. The van der Waals surface area contributed by atoms with Gasteiger partial charge in [0.1, 0.15) is 0 Å². The number of benzene rings is 1. The van der Waals surface area contributed by atoms with Gasteiger partial charge >= 0.3 is 0 Å². The van der Waals surface area contributed by atoms with Crippen molar-refractivity contribution in [3.8, 4) is 0 Å². The van der Waals surface area contributed by atoms with Gasteiger partial charge in [0.25, 0.3) is 5.91 Å². The molecule has 1 amide bonds. The van der Waals surface area contributed by atoms with Crippen LogP contribution in [-0.4, -0.2) is 18.3 Å². The number of nitrogens with one attached hydrogen (secondary N) is 1. The van der Waals surface area contributed by atoms with E-state index in [-0.39, 0.29) is 5.91 Å². The van der Waals surface area contributed by atoms with Crippen LogP contribution in [0.3, 0.4) is 0 Å². The molecular formula is C11H11ClINO. The quantitative estimate of drug-likeness (QED) is 0.512. The Morgan fingerprint density at radius 3 is 2.60 bits per heavy atom. The van der Waals surface area contributed by atoms with Crippen molar-refractivity contribution in [2.75, 3.05) is 12.4 Å². The Kier molecular flexibility index (Phi) is 5.71. The number of allylic oxidation sites excluding steroid dienone is 1. The monoisotopic (exact) mass is 335 g/mol. The molecule has 0 saturated carbocycles. The van der Waals surface area contributed by atoms with E-state index < -0.39 is 0 Å². The summed E-state index contributed by atoms with van der Waals surface area (Å²) < 4.78 is 1.12. The molecule has 0 fully saturated rings. The summed E-state index contributed by atoms with van der Waals surface area (Å²) in [7, 11) is 0. The van der Waals surface area contributed by atoms with Crippen molar-refractivity contribution in [2.24, 2.45) is 0 Å². The van der Waals surface area contributed by atoms with Crippen molar-refractivity contribution in [1.29, 1.82) is 0 Å². The third kappa shape index (κ3) is 4.66. The van der Waals surface area contributed by atoms with Crippen LogP contribution in [0.1, 0.15) is 10.4 Å². The molecule has 0 bridgehead atoms. The zero-order valence-electron chi connectivity index (χ0n) is 8.04. The molecule has 2 nitrogen and oxygen atoms in total. The third-order valence-corrected chi connectivity index (χ3v) is 2.64. The minimum Gasteiger partial charge on any atom is -0.349 e. The molecule has 0 aliphatic rings. The van der Waals surface area contributed by atoms with Gasteiger partial charge in [0.15, 0.2) is 0 Å². The van der Waals surface area contributed by atoms with Gasteiger partial charge in [-0.15, -0.1) is 11.6 Å². The Balaban J connectivity index is 2.47. The van der Waals surface area contributed by atoms with Gasteiger partial charge in [0, 0.05) is 21.6 Å². The van der Waals surface area contributed by atoms with E-state index in [0.29, 0.717) is 18.0 Å². The van der Waals surface area contributed by atoms with Crippen molar-refractivity contribution in [3.63, 3.8) is 0 Å². The summed E-state index contributed by atoms with van der Waals surface area (Å²) in [5.74, 6) is 0.407. The molecule has 1 aromatic carbocycles. The van der Waals surface area contributed by atoms with Gasteiger partial charge in [-0.05, 0) is 46.9 Å². The van der Waals surface area contributed by atoms with Crippen LogP contribution in [0, 0.1) is 3.57 Å². The van der Waals surface area contributed by atoms with Crippen LogP contribution < -0.4 is 5.32 Å². The number of amides is 1. The Morgan fingerprint density at radius 1 is 1.33 bits per heavy atom. The standard InChI is InChI=1S/C11H11ClINO/c12-7-1-2-8-14-11(15)9-3-5-10(13)6-4-9/h1-6H,7-8H2,(H,14,15)/b2-1+. The molecule has 1 aromatic rings. The van der Waals surface area contributed by atoms with Gasteiger partial charge in [0.2, 0.25) is 0 Å². The lowest BCUT2D eigenvalue weighted by Gasteiger charge is -2.01. The first-order valence-electron chi connectivity index (χ1n) is 4.49. The molecule has 1 rings (SSSR count). The molecule has 15 heavy (non-hydrogen) atoms. The number of rotatable bonds is 4. The second kappa shape index (κ2) is 6.85. The number of halogens is 2. The fraction of sp³-hybridized carbons (Fsp3) is 0.182. The second-order valence-corrected chi connectivity index (χ2v) is 4.40. The molecule has 0 aliphatic heterocycles. The zero-order chi connectivity index (χ0) is 11.1. The molecule has 0 unspecified atom stereocenters. The van der Waals surface area contributed by atoms with Crippen LogP contribution in [0.2, 0.25) is 0 Å². The van der Waals surface area contributed by atoms with Crippen LogP contribution in [0.25, 0.3) is 0 Å². The summed E-state index contributed by atoms with van der Waals surface area (Å²) in [5.41, 5.74) is 0.676. The highest BCUT2D eigenvalue weighted by molar-refractivity contribution is 14.1. The maximum Gasteiger partial charge on any atom is 0.251 e. The SMILES string of the molecule is O=C(NC/C=C/CCl)c1ccc(I)cc1. The highest BCUT2D eigenvalue weighted by Crippen LogP contribution is 2.06. The summed E-state index contributed by atoms with van der Waals surface area (Å²) in [5, 5.41) is 2.77. The van der Waals surface area contributed by atoms with Gasteiger partial charge in [0.05, 0.1) is 0 Å².